The van der Waals surface area contributed by atoms with Crippen LogP contribution in [0, 0.1) is 11.3 Å². The second kappa shape index (κ2) is 7.40. The normalized spacial score (nSPS) is 18.8. The molecule has 0 bridgehead atoms. The van der Waals surface area contributed by atoms with Crippen LogP contribution in [0.1, 0.15) is 58.8 Å². The van der Waals surface area contributed by atoms with Gasteiger partial charge in [0.05, 0.1) is 0 Å². The summed E-state index contributed by atoms with van der Waals surface area (Å²) in [6.07, 6.45) is 8.12. The molecule has 0 saturated heterocycles. The number of amides is 1. The van der Waals surface area contributed by atoms with Crippen molar-refractivity contribution in [1.82, 2.24) is 5.32 Å². The predicted molar refractivity (Wildman–Crippen MR) is 76.4 cm³/mol. The molecule has 0 radical (unpaired) electrons. The maximum Gasteiger partial charge on any atom is 0.223 e. The zero-order valence-electron chi connectivity index (χ0n) is 11.2. The van der Waals surface area contributed by atoms with Gasteiger partial charge in [0.15, 0.2) is 0 Å². The number of hydrogen-bond donors (Lipinski definition) is 1. The van der Waals surface area contributed by atoms with E-state index in [1.54, 1.807) is 0 Å². The summed E-state index contributed by atoms with van der Waals surface area (Å²) >= 11 is 3.50. The molecule has 1 rings (SSSR count). The van der Waals surface area contributed by atoms with Gasteiger partial charge in [-0.3, -0.25) is 4.79 Å². The third-order valence-electron chi connectivity index (χ3n) is 3.99. The fraction of sp³-hybridized carbons (Fsp3) is 0.929. The van der Waals surface area contributed by atoms with Crippen LogP contribution in [0.25, 0.3) is 0 Å². The average molecular weight is 304 g/mol. The summed E-state index contributed by atoms with van der Waals surface area (Å²) < 4.78 is 0. The minimum absolute atomic E-state index is 0.231. The zero-order valence-corrected chi connectivity index (χ0v) is 12.8. The van der Waals surface area contributed by atoms with Crippen LogP contribution in [0.2, 0.25) is 0 Å². The molecule has 0 aliphatic heterocycles. The van der Waals surface area contributed by atoms with E-state index >= 15 is 0 Å². The first-order valence-electron chi connectivity index (χ1n) is 7.01. The van der Waals surface area contributed by atoms with E-state index in [0.717, 1.165) is 24.7 Å². The van der Waals surface area contributed by atoms with Gasteiger partial charge in [0.1, 0.15) is 0 Å². The van der Waals surface area contributed by atoms with E-state index in [9.17, 15) is 4.79 Å². The summed E-state index contributed by atoms with van der Waals surface area (Å²) in [4.78, 5) is 12.0. The number of carbonyl (C=O) groups is 1. The summed E-state index contributed by atoms with van der Waals surface area (Å²) in [5.41, 5.74) is 0.433. The molecule has 1 N–H and O–H groups in total. The van der Waals surface area contributed by atoms with Gasteiger partial charge in [0.2, 0.25) is 5.91 Å². The minimum atomic E-state index is 0.231. The number of unbranched alkanes of at least 4 members (excludes halogenated alkanes) is 1. The Hall–Kier alpha value is -0.0500. The Morgan fingerprint density at radius 1 is 1.41 bits per heavy atom. The molecule has 3 heteroatoms. The van der Waals surface area contributed by atoms with Crippen LogP contribution in [0.3, 0.4) is 0 Å². The molecule has 2 nitrogen and oxygen atoms in total. The fourth-order valence-corrected chi connectivity index (χ4v) is 3.12. The molecule has 1 unspecified atom stereocenters. The van der Waals surface area contributed by atoms with Crippen molar-refractivity contribution in [3.63, 3.8) is 0 Å². The van der Waals surface area contributed by atoms with Crippen molar-refractivity contribution >= 4 is 21.8 Å². The standard InChI is InChI=1S/C14H26BrNO/c1-3-5-6-12(4-2)13(17)16-11-14(7-8-14)9-10-15/h12H,3-11H2,1-2H3,(H,16,17). The maximum absolute atomic E-state index is 12.0. The number of halogens is 1. The van der Waals surface area contributed by atoms with Crippen molar-refractivity contribution in [3.8, 4) is 0 Å². The molecule has 0 aromatic heterocycles. The smallest absolute Gasteiger partial charge is 0.223 e. The lowest BCUT2D eigenvalue weighted by molar-refractivity contribution is -0.125. The van der Waals surface area contributed by atoms with E-state index < -0.39 is 0 Å². The predicted octanol–water partition coefficient (Wildman–Crippen LogP) is 3.88. The summed E-state index contributed by atoms with van der Waals surface area (Å²) in [7, 11) is 0. The Kier molecular flexibility index (Phi) is 6.53. The first kappa shape index (κ1) is 15.0. The second-order valence-corrected chi connectivity index (χ2v) is 6.20. The Morgan fingerprint density at radius 3 is 2.59 bits per heavy atom. The van der Waals surface area contributed by atoms with Crippen LogP contribution in [0.4, 0.5) is 0 Å². The Bertz CT molecular complexity index is 238. The molecule has 100 valence electrons. The van der Waals surface area contributed by atoms with Gasteiger partial charge in [-0.15, -0.1) is 0 Å². The summed E-state index contributed by atoms with van der Waals surface area (Å²) in [6.45, 7) is 5.19. The molecule has 0 aromatic carbocycles. The van der Waals surface area contributed by atoms with Crippen molar-refractivity contribution in [1.29, 1.82) is 0 Å². The second-order valence-electron chi connectivity index (χ2n) is 5.40. The lowest BCUT2D eigenvalue weighted by Gasteiger charge is -2.18. The number of rotatable bonds is 9. The van der Waals surface area contributed by atoms with Gasteiger partial charge in [0.25, 0.3) is 0 Å². The molecule has 1 atom stereocenters. The fourth-order valence-electron chi connectivity index (χ4n) is 2.28. The van der Waals surface area contributed by atoms with Gasteiger partial charge in [-0.1, -0.05) is 42.6 Å². The highest BCUT2D eigenvalue weighted by atomic mass is 79.9. The van der Waals surface area contributed by atoms with Gasteiger partial charge in [-0.25, -0.2) is 0 Å². The van der Waals surface area contributed by atoms with Crippen molar-refractivity contribution in [2.24, 2.45) is 11.3 Å². The topological polar surface area (TPSA) is 29.1 Å². The van der Waals surface area contributed by atoms with E-state index in [1.807, 2.05) is 0 Å². The molecule has 17 heavy (non-hydrogen) atoms. The zero-order chi connectivity index (χ0) is 12.7. The highest BCUT2D eigenvalue weighted by molar-refractivity contribution is 9.09. The Morgan fingerprint density at radius 2 is 2.12 bits per heavy atom. The van der Waals surface area contributed by atoms with Gasteiger partial charge >= 0.3 is 0 Å². The SMILES string of the molecule is CCCCC(CC)C(=O)NCC1(CCBr)CC1. The molecule has 1 saturated carbocycles. The van der Waals surface area contributed by atoms with E-state index in [4.69, 9.17) is 0 Å². The average Bonchev–Trinajstić information content (AvgIpc) is 3.08. The summed E-state index contributed by atoms with van der Waals surface area (Å²) in [5.74, 6) is 0.511. The minimum Gasteiger partial charge on any atom is -0.355 e. The Labute approximate surface area is 114 Å². The van der Waals surface area contributed by atoms with E-state index in [-0.39, 0.29) is 11.8 Å². The lowest BCUT2D eigenvalue weighted by Crippen LogP contribution is -2.35. The number of alkyl halides is 1. The monoisotopic (exact) mass is 303 g/mol. The van der Waals surface area contributed by atoms with Crippen molar-refractivity contribution in [2.75, 3.05) is 11.9 Å². The van der Waals surface area contributed by atoms with Crippen molar-refractivity contribution in [3.05, 3.63) is 0 Å². The van der Waals surface area contributed by atoms with Crippen LogP contribution in [0.15, 0.2) is 0 Å². The van der Waals surface area contributed by atoms with Crippen LogP contribution in [0.5, 0.6) is 0 Å². The largest absolute Gasteiger partial charge is 0.355 e. The molecule has 0 spiro atoms. The Balaban J connectivity index is 2.27. The van der Waals surface area contributed by atoms with Crippen LogP contribution < -0.4 is 5.32 Å². The third-order valence-corrected chi connectivity index (χ3v) is 4.39. The van der Waals surface area contributed by atoms with Crippen LogP contribution >= 0.6 is 15.9 Å². The maximum atomic E-state index is 12.0. The van der Waals surface area contributed by atoms with E-state index in [2.05, 4.69) is 35.1 Å². The number of hydrogen-bond acceptors (Lipinski definition) is 1. The number of carbonyl (C=O) groups excluding carboxylic acids is 1. The third kappa shape index (κ3) is 4.99. The van der Waals surface area contributed by atoms with Gasteiger partial charge < -0.3 is 5.32 Å². The molecular weight excluding hydrogens is 278 g/mol. The van der Waals surface area contributed by atoms with Gasteiger partial charge in [0, 0.05) is 17.8 Å². The first-order chi connectivity index (χ1) is 8.17. The number of nitrogens with one attached hydrogen (secondary N) is 1. The van der Waals surface area contributed by atoms with E-state index in [1.165, 1.54) is 32.1 Å². The van der Waals surface area contributed by atoms with Gasteiger partial charge in [-0.2, -0.15) is 0 Å². The molecule has 0 heterocycles. The summed E-state index contributed by atoms with van der Waals surface area (Å²) in [6, 6.07) is 0. The van der Waals surface area contributed by atoms with Gasteiger partial charge in [-0.05, 0) is 37.5 Å². The van der Waals surface area contributed by atoms with Crippen LogP contribution in [-0.4, -0.2) is 17.8 Å². The van der Waals surface area contributed by atoms with Crippen molar-refractivity contribution in [2.45, 2.75) is 58.8 Å². The molecule has 1 aliphatic carbocycles. The molecule has 1 fully saturated rings. The highest BCUT2D eigenvalue weighted by Crippen LogP contribution is 2.48. The lowest BCUT2D eigenvalue weighted by atomic mass is 9.97. The molecular formula is C14H26BrNO. The van der Waals surface area contributed by atoms with E-state index in [0.29, 0.717) is 5.41 Å². The molecule has 1 aliphatic rings. The highest BCUT2D eigenvalue weighted by Gasteiger charge is 2.41. The first-order valence-corrected chi connectivity index (χ1v) is 8.13. The molecule has 1 amide bonds. The quantitative estimate of drug-likeness (QED) is 0.643. The van der Waals surface area contributed by atoms with Crippen molar-refractivity contribution < 1.29 is 4.79 Å². The molecule has 0 aromatic rings. The summed E-state index contributed by atoms with van der Waals surface area (Å²) in [5, 5.41) is 4.22. The van der Waals surface area contributed by atoms with Crippen LogP contribution in [-0.2, 0) is 4.79 Å².